The first-order chi connectivity index (χ1) is 16.3. The topological polar surface area (TPSA) is 109 Å². The zero-order chi connectivity index (χ0) is 26.0. The van der Waals surface area contributed by atoms with Crippen LogP contribution in [0.2, 0.25) is 0 Å². The highest BCUT2D eigenvalue weighted by molar-refractivity contribution is 6.25. The smallest absolute Gasteiger partial charge is 0.309 e. The van der Waals surface area contributed by atoms with Crippen molar-refractivity contribution in [1.29, 1.82) is 0 Å². The maximum atomic E-state index is 15.2. The van der Waals surface area contributed by atoms with Gasteiger partial charge in [0.2, 0.25) is 0 Å². The monoisotopic (exact) mass is 511 g/mol. The van der Waals surface area contributed by atoms with Crippen molar-refractivity contribution in [1.82, 2.24) is 4.98 Å². The molecule has 2 saturated heterocycles. The number of alkyl halides is 1. The Kier molecular flexibility index (Phi) is 8.73. The van der Waals surface area contributed by atoms with Crippen LogP contribution in [0.5, 0.6) is 0 Å². The van der Waals surface area contributed by atoms with E-state index >= 15 is 4.39 Å². The minimum Gasteiger partial charge on any atom is -0.455 e. The number of esters is 1. The van der Waals surface area contributed by atoms with Crippen molar-refractivity contribution < 1.29 is 33.7 Å². The highest BCUT2D eigenvalue weighted by Crippen LogP contribution is 2.48. The van der Waals surface area contributed by atoms with Gasteiger partial charge in [-0.3, -0.25) is 14.6 Å². The quantitative estimate of drug-likeness (QED) is 0.348. The molecule has 7 nitrogen and oxygen atoms in total. The second-order valence-corrected chi connectivity index (χ2v) is 11.0. The van der Waals surface area contributed by atoms with Crippen LogP contribution in [-0.4, -0.2) is 56.4 Å². The molecule has 9 heteroatoms. The molecule has 0 radical (unpaired) electrons. The fraction of sp³-hybridized carbons (Fsp3) is 0.654. The summed E-state index contributed by atoms with van der Waals surface area (Å²) < 4.78 is 26.3. The molecule has 0 spiro atoms. The van der Waals surface area contributed by atoms with Gasteiger partial charge in [-0.25, -0.2) is 4.39 Å². The SMILES string of the molecule is C[C@H]1CCC[C@@]2(Cl)O[C@H]2C[C@@H](C(F)=Cc2ccccn2)OC(=O)C[C@H](O)C(C)(C)C(=O)[C@H](C)[C@H]1O. The second kappa shape index (κ2) is 11.0. The summed E-state index contributed by atoms with van der Waals surface area (Å²) in [6.07, 6.45) is -0.210. The molecule has 7 atom stereocenters. The Balaban J connectivity index is 1.86. The standard InChI is InChI=1S/C26H35ClFNO6/c1-15-8-7-10-26(27)21(35-26)13-19(18(28)12-17-9-5-6-11-29-17)34-22(31)14-20(30)25(3,4)24(33)16(2)23(15)32/h5-6,9,11-12,15-16,19-21,23,30,32H,7-8,10,13-14H2,1-4H3/t15-,16+,19-,20-,21-,23-,26+/m0/s1. The van der Waals surface area contributed by atoms with Gasteiger partial charge in [0.1, 0.15) is 17.7 Å². The third-order valence-electron chi connectivity index (χ3n) is 7.26. The second-order valence-electron chi connectivity index (χ2n) is 10.3. The van der Waals surface area contributed by atoms with Crippen LogP contribution < -0.4 is 0 Å². The first-order valence-corrected chi connectivity index (χ1v) is 12.5. The van der Waals surface area contributed by atoms with Gasteiger partial charge in [0, 0.05) is 18.5 Å². The molecular formula is C26H35ClFNO6. The Hall–Kier alpha value is -1.87. The summed E-state index contributed by atoms with van der Waals surface area (Å²) >= 11 is 6.56. The average Bonchev–Trinajstić information content (AvgIpc) is 3.45. The van der Waals surface area contributed by atoms with Crippen LogP contribution in [0.4, 0.5) is 4.39 Å². The van der Waals surface area contributed by atoms with Crippen LogP contribution in [0, 0.1) is 17.3 Å². The summed E-state index contributed by atoms with van der Waals surface area (Å²) in [5.41, 5.74) is -0.964. The number of cyclic esters (lactones) is 1. The number of carbonyl (C=O) groups excluding carboxylic acids is 2. The molecule has 2 fully saturated rings. The minimum absolute atomic E-state index is 0.00195. The minimum atomic E-state index is -1.38. The molecule has 1 aromatic heterocycles. The summed E-state index contributed by atoms with van der Waals surface area (Å²) in [5, 5.41) is 20.5. The van der Waals surface area contributed by atoms with Crippen LogP contribution >= 0.6 is 11.6 Å². The van der Waals surface area contributed by atoms with E-state index < -0.39 is 59.0 Å². The molecule has 0 bridgehead atoms. The van der Waals surface area contributed by atoms with Crippen LogP contribution in [0.15, 0.2) is 30.2 Å². The van der Waals surface area contributed by atoms with E-state index in [-0.39, 0.29) is 18.1 Å². The normalized spacial score (nSPS) is 37.3. The van der Waals surface area contributed by atoms with Crippen LogP contribution in [0.25, 0.3) is 6.08 Å². The van der Waals surface area contributed by atoms with Gasteiger partial charge in [0.05, 0.1) is 29.7 Å². The van der Waals surface area contributed by atoms with Gasteiger partial charge in [-0.05, 0) is 43.4 Å². The number of epoxide rings is 1. The molecule has 0 aliphatic carbocycles. The van der Waals surface area contributed by atoms with Gasteiger partial charge in [0.15, 0.2) is 11.2 Å². The summed E-state index contributed by atoms with van der Waals surface area (Å²) in [5.74, 6) is -2.88. The number of rotatable bonds is 2. The number of halogens is 2. The van der Waals surface area contributed by atoms with Gasteiger partial charge in [-0.15, -0.1) is 0 Å². The van der Waals surface area contributed by atoms with Crippen molar-refractivity contribution >= 4 is 29.4 Å². The molecule has 194 valence electrons. The predicted octanol–water partition coefficient (Wildman–Crippen LogP) is 4.19. The Morgan fingerprint density at radius 3 is 2.63 bits per heavy atom. The van der Waals surface area contributed by atoms with E-state index in [1.54, 1.807) is 25.1 Å². The number of carbonyl (C=O) groups is 2. The molecule has 2 aliphatic heterocycles. The predicted molar refractivity (Wildman–Crippen MR) is 129 cm³/mol. The fourth-order valence-corrected chi connectivity index (χ4v) is 4.94. The number of ketones is 1. The van der Waals surface area contributed by atoms with E-state index in [0.29, 0.717) is 25.0 Å². The molecule has 0 aromatic carbocycles. The fourth-order valence-electron chi connectivity index (χ4n) is 4.61. The zero-order valence-electron chi connectivity index (χ0n) is 20.6. The molecule has 1 aromatic rings. The molecular weight excluding hydrogens is 477 g/mol. The van der Waals surface area contributed by atoms with Crippen molar-refractivity contribution in [3.05, 3.63) is 35.9 Å². The van der Waals surface area contributed by atoms with Gasteiger partial charge < -0.3 is 19.7 Å². The molecule has 2 N–H and O–H groups in total. The largest absolute Gasteiger partial charge is 0.455 e. The summed E-state index contributed by atoms with van der Waals surface area (Å²) in [4.78, 5) is 29.9. The zero-order valence-corrected chi connectivity index (χ0v) is 21.4. The van der Waals surface area contributed by atoms with Crippen LogP contribution in [0.1, 0.15) is 65.5 Å². The number of nitrogens with zero attached hydrogens (tertiary/aromatic N) is 1. The number of hydrogen-bond acceptors (Lipinski definition) is 7. The highest BCUT2D eigenvalue weighted by Gasteiger charge is 2.56. The Morgan fingerprint density at radius 1 is 1.26 bits per heavy atom. The number of ether oxygens (including phenoxy) is 2. The molecule has 3 heterocycles. The molecule has 0 unspecified atom stereocenters. The first kappa shape index (κ1) is 27.7. The Bertz CT molecular complexity index is 941. The van der Waals surface area contributed by atoms with E-state index in [2.05, 4.69) is 4.98 Å². The number of aliphatic hydroxyl groups excluding tert-OH is 2. The molecule has 0 saturated carbocycles. The van der Waals surface area contributed by atoms with E-state index in [4.69, 9.17) is 21.1 Å². The highest BCUT2D eigenvalue weighted by atomic mass is 35.5. The van der Waals surface area contributed by atoms with E-state index in [9.17, 15) is 19.8 Å². The number of hydrogen-bond donors (Lipinski definition) is 2. The lowest BCUT2D eigenvalue weighted by molar-refractivity contribution is -0.155. The number of aromatic nitrogens is 1. The van der Waals surface area contributed by atoms with Gasteiger partial charge in [-0.1, -0.05) is 45.4 Å². The van der Waals surface area contributed by atoms with Crippen molar-refractivity contribution in [2.75, 3.05) is 0 Å². The van der Waals surface area contributed by atoms with Gasteiger partial charge in [0.25, 0.3) is 0 Å². The maximum Gasteiger partial charge on any atom is 0.309 e. The molecule has 3 rings (SSSR count). The van der Waals surface area contributed by atoms with E-state index in [0.717, 1.165) is 0 Å². The van der Waals surface area contributed by atoms with Crippen LogP contribution in [-0.2, 0) is 19.1 Å². The van der Waals surface area contributed by atoms with Gasteiger partial charge >= 0.3 is 5.97 Å². The van der Waals surface area contributed by atoms with Gasteiger partial charge in [-0.2, -0.15) is 0 Å². The van der Waals surface area contributed by atoms with E-state index in [1.807, 2.05) is 6.92 Å². The molecule has 0 amide bonds. The lowest BCUT2D eigenvalue weighted by Crippen LogP contribution is -2.45. The Morgan fingerprint density at radius 2 is 1.97 bits per heavy atom. The first-order valence-electron chi connectivity index (χ1n) is 12.1. The maximum absolute atomic E-state index is 15.2. The van der Waals surface area contributed by atoms with Crippen molar-refractivity contribution in [3.8, 4) is 0 Å². The lowest BCUT2D eigenvalue weighted by Gasteiger charge is -2.34. The van der Waals surface area contributed by atoms with Crippen molar-refractivity contribution in [3.63, 3.8) is 0 Å². The summed E-state index contributed by atoms with van der Waals surface area (Å²) in [7, 11) is 0. The number of aliphatic hydroxyl groups is 2. The Labute approximate surface area is 210 Å². The number of pyridine rings is 1. The number of fused-ring (bicyclic) bond motifs is 1. The third kappa shape index (κ3) is 6.67. The average molecular weight is 512 g/mol. The molecule has 2 aliphatic rings. The summed E-state index contributed by atoms with van der Waals surface area (Å²) in [6.45, 7) is 6.54. The summed E-state index contributed by atoms with van der Waals surface area (Å²) in [6, 6.07) is 5.02. The third-order valence-corrected chi connectivity index (χ3v) is 7.78. The number of Topliss-reactive ketones (excluding diaryl/α,β-unsaturated/α-hetero) is 1. The van der Waals surface area contributed by atoms with Crippen LogP contribution in [0.3, 0.4) is 0 Å². The van der Waals surface area contributed by atoms with E-state index in [1.165, 1.54) is 26.1 Å². The van der Waals surface area contributed by atoms with Crippen molar-refractivity contribution in [2.45, 2.75) is 89.3 Å². The lowest BCUT2D eigenvalue weighted by atomic mass is 9.73. The molecule has 35 heavy (non-hydrogen) atoms. The van der Waals surface area contributed by atoms with Crippen molar-refractivity contribution in [2.24, 2.45) is 17.3 Å².